The molecule has 25 heavy (non-hydrogen) atoms. The van der Waals surface area contributed by atoms with Crippen LogP contribution in [0.3, 0.4) is 0 Å². The molecule has 0 aliphatic carbocycles. The maximum absolute atomic E-state index is 13.2. The second-order valence-corrected chi connectivity index (χ2v) is 6.80. The molecule has 2 heterocycles. The maximum atomic E-state index is 13.2. The molecular weight excluding hydrogens is 314 g/mol. The van der Waals surface area contributed by atoms with Crippen molar-refractivity contribution in [1.29, 1.82) is 0 Å². The van der Waals surface area contributed by atoms with Gasteiger partial charge >= 0.3 is 0 Å². The molecule has 0 radical (unpaired) electrons. The molecule has 0 fully saturated rings. The molecule has 4 nitrogen and oxygen atoms in total. The molecule has 1 aliphatic heterocycles. The van der Waals surface area contributed by atoms with Gasteiger partial charge in [0.15, 0.2) is 5.76 Å². The number of anilines is 1. The third-order valence-electron chi connectivity index (χ3n) is 4.92. The van der Waals surface area contributed by atoms with Crippen LogP contribution in [0.1, 0.15) is 34.2 Å². The van der Waals surface area contributed by atoms with E-state index in [4.69, 9.17) is 9.15 Å². The standard InChI is InChI=1S/C21H21NO3/c1-12-9-16-15(4)20(25-19(16)10-13(12)2)21(23)22-11-14(3)24-18-8-6-5-7-17(18)22/h5-10,14H,11H2,1-4H3/t14-/m1/s1. The average molecular weight is 335 g/mol. The van der Waals surface area contributed by atoms with Crippen LogP contribution in [-0.2, 0) is 0 Å². The van der Waals surface area contributed by atoms with E-state index >= 15 is 0 Å². The van der Waals surface area contributed by atoms with Gasteiger partial charge in [-0.25, -0.2) is 0 Å². The van der Waals surface area contributed by atoms with Crippen LogP contribution in [0.2, 0.25) is 0 Å². The van der Waals surface area contributed by atoms with E-state index in [1.807, 2.05) is 51.1 Å². The first-order valence-electron chi connectivity index (χ1n) is 8.53. The summed E-state index contributed by atoms with van der Waals surface area (Å²) in [5, 5.41) is 1.00. The number of rotatable bonds is 1. The third kappa shape index (κ3) is 2.49. The van der Waals surface area contributed by atoms with Crippen LogP contribution < -0.4 is 9.64 Å². The Morgan fingerprint density at radius 3 is 2.64 bits per heavy atom. The number of hydrogen-bond acceptors (Lipinski definition) is 3. The lowest BCUT2D eigenvalue weighted by atomic mass is 10.0. The number of amides is 1. The Bertz CT molecular complexity index is 986. The van der Waals surface area contributed by atoms with Crippen LogP contribution in [0, 0.1) is 20.8 Å². The van der Waals surface area contributed by atoms with Crippen molar-refractivity contribution in [2.24, 2.45) is 0 Å². The molecule has 0 spiro atoms. The van der Waals surface area contributed by atoms with Crippen molar-refractivity contribution in [3.63, 3.8) is 0 Å². The van der Waals surface area contributed by atoms with Gasteiger partial charge in [0.2, 0.25) is 0 Å². The van der Waals surface area contributed by atoms with Gasteiger partial charge in [-0.3, -0.25) is 9.69 Å². The largest absolute Gasteiger partial charge is 0.487 e. The number of aryl methyl sites for hydroxylation is 3. The summed E-state index contributed by atoms with van der Waals surface area (Å²) in [4.78, 5) is 15.0. The average Bonchev–Trinajstić information content (AvgIpc) is 2.90. The number of carbonyl (C=O) groups is 1. The first kappa shape index (κ1) is 15.8. The summed E-state index contributed by atoms with van der Waals surface area (Å²) in [5.74, 6) is 1.02. The number of benzene rings is 2. The monoisotopic (exact) mass is 335 g/mol. The van der Waals surface area contributed by atoms with Gasteiger partial charge in [0, 0.05) is 10.9 Å². The molecule has 1 atom stereocenters. The highest BCUT2D eigenvalue weighted by molar-refractivity contribution is 6.09. The van der Waals surface area contributed by atoms with Gasteiger partial charge in [0.25, 0.3) is 5.91 Å². The summed E-state index contributed by atoms with van der Waals surface area (Å²) in [5.41, 5.74) is 4.79. The number of fused-ring (bicyclic) bond motifs is 2. The summed E-state index contributed by atoms with van der Waals surface area (Å²) >= 11 is 0. The molecule has 0 N–H and O–H groups in total. The Morgan fingerprint density at radius 1 is 1.12 bits per heavy atom. The first-order chi connectivity index (χ1) is 12.0. The van der Waals surface area contributed by atoms with Gasteiger partial charge < -0.3 is 9.15 Å². The van der Waals surface area contributed by atoms with Crippen LogP contribution in [0.4, 0.5) is 5.69 Å². The Balaban J connectivity index is 1.82. The molecule has 1 aliphatic rings. The van der Waals surface area contributed by atoms with E-state index in [9.17, 15) is 4.79 Å². The normalized spacial score (nSPS) is 16.6. The summed E-state index contributed by atoms with van der Waals surface area (Å²) in [6.07, 6.45) is -0.0620. The minimum atomic E-state index is -0.119. The fraction of sp³-hybridized carbons (Fsp3) is 0.286. The Morgan fingerprint density at radius 2 is 1.84 bits per heavy atom. The molecule has 1 amide bonds. The lowest BCUT2D eigenvalue weighted by Gasteiger charge is -2.33. The second kappa shape index (κ2) is 5.66. The Kier molecular flexibility index (Phi) is 3.57. The fourth-order valence-electron chi connectivity index (χ4n) is 3.38. The lowest BCUT2D eigenvalue weighted by Crippen LogP contribution is -2.42. The third-order valence-corrected chi connectivity index (χ3v) is 4.92. The predicted molar refractivity (Wildman–Crippen MR) is 98.6 cm³/mol. The Hall–Kier alpha value is -2.75. The van der Waals surface area contributed by atoms with Crippen molar-refractivity contribution in [2.45, 2.75) is 33.8 Å². The highest BCUT2D eigenvalue weighted by atomic mass is 16.5. The molecular formula is C21H21NO3. The van der Waals surface area contributed by atoms with Crippen molar-refractivity contribution < 1.29 is 13.9 Å². The van der Waals surface area contributed by atoms with Crippen LogP contribution in [-0.4, -0.2) is 18.6 Å². The number of carbonyl (C=O) groups excluding carboxylic acids is 1. The van der Waals surface area contributed by atoms with Crippen LogP contribution in [0.5, 0.6) is 5.75 Å². The number of furan rings is 1. The molecule has 128 valence electrons. The van der Waals surface area contributed by atoms with Gasteiger partial charge in [-0.05, 0) is 63.1 Å². The van der Waals surface area contributed by atoms with E-state index in [0.717, 1.165) is 33.5 Å². The molecule has 4 heteroatoms. The molecule has 4 rings (SSSR count). The molecule has 3 aromatic rings. The van der Waals surface area contributed by atoms with E-state index in [1.54, 1.807) is 4.90 Å². The molecule has 0 saturated heterocycles. The van der Waals surface area contributed by atoms with E-state index in [2.05, 4.69) is 13.0 Å². The highest BCUT2D eigenvalue weighted by Crippen LogP contribution is 2.36. The fourth-order valence-corrected chi connectivity index (χ4v) is 3.38. The quantitative estimate of drug-likeness (QED) is 0.642. The zero-order valence-electron chi connectivity index (χ0n) is 14.9. The van der Waals surface area contributed by atoms with Crippen molar-refractivity contribution in [1.82, 2.24) is 0 Å². The van der Waals surface area contributed by atoms with Crippen LogP contribution in [0.25, 0.3) is 11.0 Å². The summed E-state index contributed by atoms with van der Waals surface area (Å²) < 4.78 is 11.8. The maximum Gasteiger partial charge on any atom is 0.294 e. The van der Waals surface area contributed by atoms with Crippen LogP contribution in [0.15, 0.2) is 40.8 Å². The number of hydrogen-bond donors (Lipinski definition) is 0. The number of nitrogens with zero attached hydrogens (tertiary/aromatic N) is 1. The van der Waals surface area contributed by atoms with Gasteiger partial charge in [0.05, 0.1) is 12.2 Å². The molecule has 0 bridgehead atoms. The van der Waals surface area contributed by atoms with Crippen molar-refractivity contribution in [3.8, 4) is 5.75 Å². The smallest absolute Gasteiger partial charge is 0.294 e. The minimum Gasteiger partial charge on any atom is -0.487 e. The predicted octanol–water partition coefficient (Wildman–Crippen LogP) is 4.79. The SMILES string of the molecule is Cc1cc2oc(C(=O)N3C[C@@H](C)Oc4ccccc43)c(C)c2cc1C. The van der Waals surface area contributed by atoms with Gasteiger partial charge in [-0.2, -0.15) is 0 Å². The van der Waals surface area contributed by atoms with Crippen molar-refractivity contribution >= 4 is 22.6 Å². The Labute approximate surface area is 147 Å². The first-order valence-corrected chi connectivity index (χ1v) is 8.53. The minimum absolute atomic E-state index is 0.0620. The zero-order chi connectivity index (χ0) is 17.7. The van der Waals surface area contributed by atoms with Crippen LogP contribution >= 0.6 is 0 Å². The van der Waals surface area contributed by atoms with Gasteiger partial charge in [-0.1, -0.05) is 12.1 Å². The lowest BCUT2D eigenvalue weighted by molar-refractivity contribution is 0.0935. The van der Waals surface area contributed by atoms with E-state index in [0.29, 0.717) is 12.3 Å². The molecule has 1 aromatic heterocycles. The van der Waals surface area contributed by atoms with Gasteiger partial charge in [0.1, 0.15) is 17.4 Å². The van der Waals surface area contributed by atoms with E-state index in [-0.39, 0.29) is 12.0 Å². The molecule has 2 aromatic carbocycles. The zero-order valence-corrected chi connectivity index (χ0v) is 14.9. The molecule has 0 unspecified atom stereocenters. The van der Waals surface area contributed by atoms with Gasteiger partial charge in [-0.15, -0.1) is 0 Å². The topological polar surface area (TPSA) is 42.7 Å². The summed E-state index contributed by atoms with van der Waals surface area (Å²) in [6.45, 7) is 8.54. The van der Waals surface area contributed by atoms with Crippen molar-refractivity contribution in [2.75, 3.05) is 11.4 Å². The summed E-state index contributed by atoms with van der Waals surface area (Å²) in [7, 11) is 0. The van der Waals surface area contributed by atoms with Crippen molar-refractivity contribution in [3.05, 3.63) is 58.8 Å². The number of ether oxygens (including phenoxy) is 1. The second-order valence-electron chi connectivity index (χ2n) is 6.80. The van der Waals surface area contributed by atoms with E-state index in [1.165, 1.54) is 5.56 Å². The summed E-state index contributed by atoms with van der Waals surface area (Å²) in [6, 6.07) is 11.7. The van der Waals surface area contributed by atoms with E-state index < -0.39 is 0 Å². The molecule has 0 saturated carbocycles. The number of para-hydroxylation sites is 2. The highest BCUT2D eigenvalue weighted by Gasteiger charge is 2.31.